The Labute approximate surface area is 200 Å². The molecule has 1 fully saturated rings. The third-order valence-electron chi connectivity index (χ3n) is 5.81. The van der Waals surface area contributed by atoms with Crippen molar-refractivity contribution in [2.24, 2.45) is 0 Å². The number of alkyl halides is 3. The molecule has 0 spiro atoms. The van der Waals surface area contributed by atoms with E-state index in [1.165, 1.54) is 23.5 Å². The second kappa shape index (κ2) is 9.95. The third kappa shape index (κ3) is 5.46. The molecule has 0 aliphatic carbocycles. The second-order valence-electron chi connectivity index (χ2n) is 8.24. The predicted molar refractivity (Wildman–Crippen MR) is 124 cm³/mol. The molecule has 2 heterocycles. The van der Waals surface area contributed by atoms with Crippen molar-refractivity contribution in [3.63, 3.8) is 0 Å². The second-order valence-corrected chi connectivity index (χ2v) is 9.24. The topological polar surface area (TPSA) is 60.2 Å². The number of benzene rings is 2. The van der Waals surface area contributed by atoms with E-state index < -0.39 is 11.7 Å². The molecule has 0 N–H and O–H groups in total. The van der Waals surface area contributed by atoms with Crippen LogP contribution < -0.4 is 0 Å². The number of thiazole rings is 1. The highest BCUT2D eigenvalue weighted by Gasteiger charge is 2.30. The summed E-state index contributed by atoms with van der Waals surface area (Å²) in [4.78, 5) is 22.3. The van der Waals surface area contributed by atoms with Crippen LogP contribution in [0.25, 0.3) is 10.6 Å². The minimum atomic E-state index is -4.39. The number of rotatable bonds is 4. The van der Waals surface area contributed by atoms with E-state index in [1.807, 2.05) is 29.2 Å². The van der Waals surface area contributed by atoms with Gasteiger partial charge in [0, 0.05) is 38.3 Å². The molecule has 1 amide bonds. The van der Waals surface area contributed by atoms with Crippen LogP contribution in [0, 0.1) is 18.3 Å². The number of hydrogen-bond acceptors (Lipinski definition) is 5. The van der Waals surface area contributed by atoms with E-state index in [0.29, 0.717) is 39.8 Å². The SMILES string of the molecule is Cc1nc(-c2ccc(C(F)(F)F)cc2)sc1C(=O)N1CCCN(Cc2ccc(C#N)cc2)CC1. The molecule has 5 nitrogen and oxygen atoms in total. The summed E-state index contributed by atoms with van der Waals surface area (Å²) in [6.45, 7) is 5.33. The number of carbonyl (C=O) groups excluding carboxylic acids is 1. The Kier molecular flexibility index (Phi) is 7.00. The molecule has 4 rings (SSSR count). The lowest BCUT2D eigenvalue weighted by molar-refractivity contribution is -0.137. The zero-order chi connectivity index (χ0) is 24.3. The Morgan fingerprint density at radius 3 is 2.41 bits per heavy atom. The molecular weight excluding hydrogens is 461 g/mol. The van der Waals surface area contributed by atoms with Crippen LogP contribution in [0.1, 0.15) is 38.5 Å². The van der Waals surface area contributed by atoms with Gasteiger partial charge in [-0.05, 0) is 43.2 Å². The maximum atomic E-state index is 13.2. The molecule has 9 heteroatoms. The van der Waals surface area contributed by atoms with Gasteiger partial charge in [0.15, 0.2) is 0 Å². The standard InChI is InChI=1S/C25H23F3N4OS/c1-17-22(34-23(30-17)20-7-9-21(10-8-20)25(26,27)28)24(33)32-12-2-11-31(13-14-32)16-19-5-3-18(15-29)4-6-19/h3-10H,2,11-14,16H2,1H3. The molecule has 3 aromatic rings. The lowest BCUT2D eigenvalue weighted by Crippen LogP contribution is -2.35. The largest absolute Gasteiger partial charge is 0.416 e. The van der Waals surface area contributed by atoms with Crippen molar-refractivity contribution in [2.45, 2.75) is 26.1 Å². The highest BCUT2D eigenvalue weighted by atomic mass is 32.1. The normalized spacial score (nSPS) is 15.1. The zero-order valence-corrected chi connectivity index (χ0v) is 19.4. The van der Waals surface area contributed by atoms with E-state index in [2.05, 4.69) is 16.0 Å². The summed E-state index contributed by atoms with van der Waals surface area (Å²) in [6.07, 6.45) is -3.55. The van der Waals surface area contributed by atoms with Crippen LogP contribution in [-0.2, 0) is 12.7 Å². The molecule has 1 aromatic heterocycles. The molecule has 0 unspecified atom stereocenters. The Bertz CT molecular complexity index is 1200. The molecule has 1 saturated heterocycles. The van der Waals surface area contributed by atoms with Gasteiger partial charge in [-0.2, -0.15) is 18.4 Å². The van der Waals surface area contributed by atoms with E-state index in [0.717, 1.165) is 43.8 Å². The van der Waals surface area contributed by atoms with E-state index in [-0.39, 0.29) is 5.91 Å². The van der Waals surface area contributed by atoms with Crippen molar-refractivity contribution in [1.29, 1.82) is 5.26 Å². The summed E-state index contributed by atoms with van der Waals surface area (Å²) in [5.74, 6) is -0.0895. The van der Waals surface area contributed by atoms with Crippen LogP contribution in [0.15, 0.2) is 48.5 Å². The van der Waals surface area contributed by atoms with Crippen LogP contribution in [0.5, 0.6) is 0 Å². The van der Waals surface area contributed by atoms with Gasteiger partial charge in [-0.15, -0.1) is 11.3 Å². The summed E-state index contributed by atoms with van der Waals surface area (Å²) >= 11 is 1.22. The number of nitrogens with zero attached hydrogens (tertiary/aromatic N) is 4. The number of carbonyl (C=O) groups is 1. The number of hydrogen-bond donors (Lipinski definition) is 0. The molecule has 1 aliphatic heterocycles. The first kappa shape index (κ1) is 23.9. The molecule has 0 radical (unpaired) electrons. The van der Waals surface area contributed by atoms with E-state index in [4.69, 9.17) is 5.26 Å². The van der Waals surface area contributed by atoms with Gasteiger partial charge >= 0.3 is 6.18 Å². The fraction of sp³-hybridized carbons (Fsp3) is 0.320. The van der Waals surface area contributed by atoms with Gasteiger partial charge in [0.1, 0.15) is 9.88 Å². The molecule has 2 aromatic carbocycles. The van der Waals surface area contributed by atoms with Gasteiger partial charge in [0.2, 0.25) is 0 Å². The number of aryl methyl sites for hydroxylation is 1. The molecule has 0 saturated carbocycles. The van der Waals surface area contributed by atoms with Crippen LogP contribution in [0.2, 0.25) is 0 Å². The van der Waals surface area contributed by atoms with Crippen LogP contribution >= 0.6 is 11.3 Å². The molecule has 1 aliphatic rings. The molecule has 0 atom stereocenters. The number of nitriles is 1. The number of halogens is 3. The number of aromatic nitrogens is 1. The van der Waals surface area contributed by atoms with Crippen LogP contribution in [-0.4, -0.2) is 46.9 Å². The summed E-state index contributed by atoms with van der Waals surface area (Å²) in [5.41, 5.74) is 2.19. The van der Waals surface area contributed by atoms with E-state index >= 15 is 0 Å². The van der Waals surface area contributed by atoms with Crippen molar-refractivity contribution >= 4 is 17.2 Å². The Morgan fingerprint density at radius 1 is 1.06 bits per heavy atom. The maximum Gasteiger partial charge on any atom is 0.416 e. The third-order valence-corrected chi connectivity index (χ3v) is 7.01. The fourth-order valence-electron chi connectivity index (χ4n) is 3.94. The lowest BCUT2D eigenvalue weighted by atomic mass is 10.1. The summed E-state index contributed by atoms with van der Waals surface area (Å²) in [7, 11) is 0. The lowest BCUT2D eigenvalue weighted by Gasteiger charge is -2.22. The van der Waals surface area contributed by atoms with Crippen LogP contribution in [0.4, 0.5) is 13.2 Å². The van der Waals surface area contributed by atoms with Gasteiger partial charge in [-0.3, -0.25) is 9.69 Å². The Hall–Kier alpha value is -3.22. The smallest absolute Gasteiger partial charge is 0.337 e. The molecule has 34 heavy (non-hydrogen) atoms. The Balaban J connectivity index is 1.42. The van der Waals surface area contributed by atoms with Gasteiger partial charge in [-0.1, -0.05) is 24.3 Å². The maximum absolute atomic E-state index is 13.2. The predicted octanol–water partition coefficient (Wildman–Crippen LogP) is 5.36. The number of amides is 1. The van der Waals surface area contributed by atoms with Crippen molar-refractivity contribution in [2.75, 3.05) is 26.2 Å². The van der Waals surface area contributed by atoms with Gasteiger partial charge in [0.25, 0.3) is 5.91 Å². The summed E-state index contributed by atoms with van der Waals surface area (Å²) in [6, 6.07) is 14.5. The highest BCUT2D eigenvalue weighted by molar-refractivity contribution is 7.17. The van der Waals surface area contributed by atoms with Crippen molar-refractivity contribution < 1.29 is 18.0 Å². The first-order chi connectivity index (χ1) is 16.2. The van der Waals surface area contributed by atoms with Gasteiger partial charge in [0.05, 0.1) is 22.9 Å². The van der Waals surface area contributed by atoms with Gasteiger partial charge in [-0.25, -0.2) is 4.98 Å². The van der Waals surface area contributed by atoms with Crippen LogP contribution in [0.3, 0.4) is 0 Å². The average Bonchev–Trinajstić information content (AvgIpc) is 3.06. The molecule has 176 valence electrons. The minimum Gasteiger partial charge on any atom is -0.337 e. The minimum absolute atomic E-state index is 0.0895. The molecular formula is C25H23F3N4OS. The highest BCUT2D eigenvalue weighted by Crippen LogP contribution is 2.33. The van der Waals surface area contributed by atoms with Gasteiger partial charge < -0.3 is 4.90 Å². The quantitative estimate of drug-likeness (QED) is 0.501. The fourth-order valence-corrected chi connectivity index (χ4v) is 4.98. The zero-order valence-electron chi connectivity index (χ0n) is 18.6. The molecule has 0 bridgehead atoms. The van der Waals surface area contributed by atoms with E-state index in [9.17, 15) is 18.0 Å². The monoisotopic (exact) mass is 484 g/mol. The van der Waals surface area contributed by atoms with Crippen molar-refractivity contribution in [3.05, 3.63) is 75.8 Å². The van der Waals surface area contributed by atoms with Crippen molar-refractivity contribution in [3.8, 4) is 16.6 Å². The average molecular weight is 485 g/mol. The van der Waals surface area contributed by atoms with E-state index in [1.54, 1.807) is 6.92 Å². The summed E-state index contributed by atoms with van der Waals surface area (Å²) < 4.78 is 38.5. The first-order valence-electron chi connectivity index (χ1n) is 10.9. The first-order valence-corrected chi connectivity index (χ1v) is 11.7. The van der Waals surface area contributed by atoms with Crippen molar-refractivity contribution in [1.82, 2.24) is 14.8 Å². The summed E-state index contributed by atoms with van der Waals surface area (Å²) in [5, 5.41) is 9.48. The Morgan fingerprint density at radius 2 is 1.76 bits per heavy atom.